The van der Waals surface area contributed by atoms with Crippen molar-refractivity contribution in [2.45, 2.75) is 27.7 Å². The molecular formula is C13H16N2. The van der Waals surface area contributed by atoms with Gasteiger partial charge in [0.15, 0.2) is 0 Å². The fraction of sp³-hybridized carbons (Fsp3) is 0.308. The highest BCUT2D eigenvalue weighted by molar-refractivity contribution is 5.98. The van der Waals surface area contributed by atoms with Gasteiger partial charge in [-0.3, -0.25) is 4.99 Å². The quantitative estimate of drug-likeness (QED) is 0.719. The molecule has 0 radical (unpaired) electrons. The summed E-state index contributed by atoms with van der Waals surface area (Å²) in [5, 5.41) is 0. The van der Waals surface area contributed by atoms with Crippen molar-refractivity contribution in [1.82, 2.24) is 4.98 Å². The van der Waals surface area contributed by atoms with Crippen molar-refractivity contribution in [2.24, 2.45) is 4.99 Å². The number of aliphatic imine (C=N–C) groups is 1. The molecule has 0 aliphatic carbocycles. The summed E-state index contributed by atoms with van der Waals surface area (Å²) < 4.78 is 0. The highest BCUT2D eigenvalue weighted by Gasteiger charge is 2.08. The SMILES string of the molecule is CC1=CC(C)=N/C1=C/c1[nH]c(C)cc1C. The predicted octanol–water partition coefficient (Wildman–Crippen LogP) is 3.39. The van der Waals surface area contributed by atoms with Gasteiger partial charge in [-0.1, -0.05) is 0 Å². The van der Waals surface area contributed by atoms with Crippen LogP contribution in [0.3, 0.4) is 0 Å². The molecule has 0 atom stereocenters. The molecule has 1 aromatic heterocycles. The summed E-state index contributed by atoms with van der Waals surface area (Å²) >= 11 is 0. The van der Waals surface area contributed by atoms with E-state index < -0.39 is 0 Å². The first-order valence-electron chi connectivity index (χ1n) is 5.18. The second kappa shape index (κ2) is 3.54. The first-order chi connectivity index (χ1) is 7.06. The molecule has 2 heteroatoms. The first-order valence-corrected chi connectivity index (χ1v) is 5.18. The molecule has 0 unspecified atom stereocenters. The van der Waals surface area contributed by atoms with Gasteiger partial charge in [0.25, 0.3) is 0 Å². The predicted molar refractivity (Wildman–Crippen MR) is 65.1 cm³/mol. The van der Waals surface area contributed by atoms with E-state index in [9.17, 15) is 0 Å². The molecule has 0 saturated carbocycles. The van der Waals surface area contributed by atoms with Crippen LogP contribution in [-0.4, -0.2) is 10.7 Å². The van der Waals surface area contributed by atoms with Crippen LogP contribution in [0.15, 0.2) is 28.4 Å². The van der Waals surface area contributed by atoms with Crippen LogP contribution in [0.1, 0.15) is 30.8 Å². The van der Waals surface area contributed by atoms with Crippen LogP contribution in [0, 0.1) is 13.8 Å². The second-order valence-corrected chi connectivity index (χ2v) is 4.16. The Balaban J connectivity index is 2.40. The van der Waals surface area contributed by atoms with Gasteiger partial charge in [0.1, 0.15) is 0 Å². The molecular weight excluding hydrogens is 184 g/mol. The zero-order valence-electron chi connectivity index (χ0n) is 9.68. The minimum absolute atomic E-state index is 1.07. The topological polar surface area (TPSA) is 28.1 Å². The highest BCUT2D eigenvalue weighted by Crippen LogP contribution is 2.22. The zero-order valence-corrected chi connectivity index (χ0v) is 9.68. The summed E-state index contributed by atoms with van der Waals surface area (Å²) in [7, 11) is 0. The van der Waals surface area contributed by atoms with E-state index in [1.54, 1.807) is 0 Å². The molecule has 78 valence electrons. The Morgan fingerprint density at radius 1 is 1.20 bits per heavy atom. The van der Waals surface area contributed by atoms with Crippen molar-refractivity contribution in [3.8, 4) is 0 Å². The number of aromatic nitrogens is 1. The number of hydrogen-bond donors (Lipinski definition) is 1. The third-order valence-electron chi connectivity index (χ3n) is 2.60. The van der Waals surface area contributed by atoms with E-state index in [2.05, 4.69) is 49.0 Å². The second-order valence-electron chi connectivity index (χ2n) is 4.16. The van der Waals surface area contributed by atoms with E-state index in [1.165, 1.54) is 16.8 Å². The van der Waals surface area contributed by atoms with Gasteiger partial charge < -0.3 is 4.98 Å². The maximum atomic E-state index is 4.48. The van der Waals surface area contributed by atoms with Crippen LogP contribution in [0.4, 0.5) is 0 Å². The van der Waals surface area contributed by atoms with Crippen molar-refractivity contribution >= 4 is 11.8 Å². The summed E-state index contributed by atoms with van der Waals surface area (Å²) in [6, 6.07) is 2.15. The molecule has 1 aromatic rings. The smallest absolute Gasteiger partial charge is 0.0683 e. The number of nitrogens with one attached hydrogen (secondary N) is 1. The highest BCUT2D eigenvalue weighted by atomic mass is 14.8. The van der Waals surface area contributed by atoms with Crippen molar-refractivity contribution in [3.05, 3.63) is 40.4 Å². The van der Waals surface area contributed by atoms with E-state index in [0.29, 0.717) is 0 Å². The molecule has 0 fully saturated rings. The minimum atomic E-state index is 1.07. The van der Waals surface area contributed by atoms with Gasteiger partial charge in [0.05, 0.1) is 5.70 Å². The fourth-order valence-electron chi connectivity index (χ4n) is 1.88. The monoisotopic (exact) mass is 200 g/mol. The maximum absolute atomic E-state index is 4.48. The molecule has 0 spiro atoms. The number of allylic oxidation sites excluding steroid dienone is 2. The van der Waals surface area contributed by atoms with Crippen molar-refractivity contribution in [2.75, 3.05) is 0 Å². The molecule has 0 amide bonds. The summed E-state index contributed by atoms with van der Waals surface area (Å²) in [6.45, 7) is 8.30. The standard InChI is InChI=1S/C13H16N2/c1-8-5-10(3)14-12(8)7-13-9(2)6-11(4)15-13/h5-7,14H,1-4H3/b13-7+. The molecule has 2 nitrogen and oxygen atoms in total. The maximum Gasteiger partial charge on any atom is 0.0683 e. The molecule has 0 bridgehead atoms. The van der Waals surface area contributed by atoms with Gasteiger partial charge in [-0.25, -0.2) is 0 Å². The van der Waals surface area contributed by atoms with Crippen LogP contribution in [-0.2, 0) is 0 Å². The Kier molecular flexibility index (Phi) is 2.35. The summed E-state index contributed by atoms with van der Waals surface area (Å²) in [4.78, 5) is 7.81. The summed E-state index contributed by atoms with van der Waals surface area (Å²) in [5.41, 5.74) is 7.01. The molecule has 0 aromatic carbocycles. The molecule has 2 heterocycles. The van der Waals surface area contributed by atoms with Gasteiger partial charge in [0, 0.05) is 17.1 Å². The van der Waals surface area contributed by atoms with Gasteiger partial charge in [0.2, 0.25) is 0 Å². The largest absolute Gasteiger partial charge is 0.359 e. The van der Waals surface area contributed by atoms with Crippen molar-refractivity contribution < 1.29 is 0 Å². The Bertz CT molecular complexity index is 485. The molecule has 1 N–H and O–H groups in total. The summed E-state index contributed by atoms with van der Waals surface area (Å²) in [5.74, 6) is 0. The molecule has 2 rings (SSSR count). The average molecular weight is 200 g/mol. The number of hydrogen-bond acceptors (Lipinski definition) is 1. The van der Waals surface area contributed by atoms with E-state index >= 15 is 0 Å². The summed E-state index contributed by atoms with van der Waals surface area (Å²) in [6.07, 6.45) is 4.22. The number of aryl methyl sites for hydroxylation is 2. The lowest BCUT2D eigenvalue weighted by Gasteiger charge is -1.96. The molecule has 1 aliphatic heterocycles. The van der Waals surface area contributed by atoms with Crippen molar-refractivity contribution in [1.29, 1.82) is 0 Å². The third-order valence-corrected chi connectivity index (χ3v) is 2.60. The Morgan fingerprint density at radius 3 is 2.40 bits per heavy atom. The van der Waals surface area contributed by atoms with E-state index in [1.807, 2.05) is 6.92 Å². The van der Waals surface area contributed by atoms with E-state index in [-0.39, 0.29) is 0 Å². The van der Waals surface area contributed by atoms with Crippen molar-refractivity contribution in [3.63, 3.8) is 0 Å². The number of rotatable bonds is 1. The fourth-order valence-corrected chi connectivity index (χ4v) is 1.88. The number of nitrogens with zero attached hydrogens (tertiary/aromatic N) is 1. The zero-order chi connectivity index (χ0) is 11.0. The van der Waals surface area contributed by atoms with Gasteiger partial charge in [-0.05, 0) is 57.0 Å². The molecule has 0 saturated heterocycles. The van der Waals surface area contributed by atoms with Gasteiger partial charge >= 0.3 is 0 Å². The lowest BCUT2D eigenvalue weighted by Crippen LogP contribution is -1.81. The number of aromatic amines is 1. The van der Waals surface area contributed by atoms with E-state index in [0.717, 1.165) is 17.1 Å². The van der Waals surface area contributed by atoms with Crippen LogP contribution >= 0.6 is 0 Å². The Labute approximate surface area is 90.4 Å². The van der Waals surface area contributed by atoms with Crippen LogP contribution in [0.5, 0.6) is 0 Å². The van der Waals surface area contributed by atoms with Gasteiger partial charge in [-0.2, -0.15) is 0 Å². The normalized spacial score (nSPS) is 18.3. The van der Waals surface area contributed by atoms with Crippen LogP contribution < -0.4 is 0 Å². The van der Waals surface area contributed by atoms with Crippen LogP contribution in [0.25, 0.3) is 6.08 Å². The minimum Gasteiger partial charge on any atom is -0.359 e. The number of H-pyrrole nitrogens is 1. The van der Waals surface area contributed by atoms with Gasteiger partial charge in [-0.15, -0.1) is 0 Å². The molecule has 15 heavy (non-hydrogen) atoms. The Hall–Kier alpha value is -1.57. The lowest BCUT2D eigenvalue weighted by atomic mass is 10.1. The molecule has 1 aliphatic rings. The average Bonchev–Trinajstić information content (AvgIpc) is 2.58. The van der Waals surface area contributed by atoms with E-state index in [4.69, 9.17) is 0 Å². The lowest BCUT2D eigenvalue weighted by molar-refractivity contribution is 1.23. The first kappa shape index (κ1) is 9.97. The Morgan fingerprint density at radius 2 is 1.93 bits per heavy atom. The van der Waals surface area contributed by atoms with Crippen LogP contribution in [0.2, 0.25) is 0 Å². The third kappa shape index (κ3) is 1.94.